The summed E-state index contributed by atoms with van der Waals surface area (Å²) in [5, 5.41) is 24.7. The fraction of sp³-hybridized carbons (Fsp3) is 0.458. The number of hydrogen-bond donors (Lipinski definition) is 2. The summed E-state index contributed by atoms with van der Waals surface area (Å²) in [6.45, 7) is 3.07. The summed E-state index contributed by atoms with van der Waals surface area (Å²) >= 11 is 6.33. The van der Waals surface area contributed by atoms with Crippen LogP contribution in [0.4, 0.5) is 0 Å². The van der Waals surface area contributed by atoms with Gasteiger partial charge < -0.3 is 29.4 Å². The molecular weight excluding hydrogens is 464 g/mol. The van der Waals surface area contributed by atoms with E-state index < -0.39 is 17.8 Å². The third kappa shape index (κ3) is 5.71. The number of esters is 1. The number of allylic oxidation sites excluding steroid dienone is 3. The molecule has 2 fully saturated rings. The average molecular weight is 491 g/mol. The molecule has 0 saturated carbocycles. The number of rotatable bonds is 4. The van der Waals surface area contributed by atoms with Crippen LogP contribution in [0.3, 0.4) is 0 Å². The summed E-state index contributed by atoms with van der Waals surface area (Å²) in [5.41, 5.74) is 0.413. The van der Waals surface area contributed by atoms with Gasteiger partial charge in [-0.05, 0) is 25.0 Å². The second-order valence-corrected chi connectivity index (χ2v) is 8.87. The Labute approximate surface area is 202 Å². The molecule has 10 heteroatoms. The molecule has 3 aliphatic heterocycles. The normalized spacial score (nSPS) is 28.0. The molecule has 2 saturated heterocycles. The molecule has 3 heterocycles. The molecule has 0 aliphatic carbocycles. The van der Waals surface area contributed by atoms with E-state index in [1.54, 1.807) is 24.0 Å². The first kappa shape index (κ1) is 24.1. The minimum absolute atomic E-state index is 0.0187. The molecule has 1 amide bonds. The zero-order valence-corrected chi connectivity index (χ0v) is 19.5. The number of hydrogen-bond acceptors (Lipinski definition) is 8. The van der Waals surface area contributed by atoms with E-state index in [2.05, 4.69) is 5.16 Å². The number of amides is 1. The highest BCUT2D eigenvalue weighted by atomic mass is 35.5. The maximum Gasteiger partial charge on any atom is 0.342 e. The molecule has 2 N–H and O–H groups in total. The second kappa shape index (κ2) is 10.5. The number of carbonyl (C=O) groups is 2. The number of ether oxygens (including phenoxy) is 2. The zero-order valence-electron chi connectivity index (χ0n) is 18.8. The van der Waals surface area contributed by atoms with Crippen LogP contribution in [0.25, 0.3) is 0 Å². The third-order valence-electron chi connectivity index (χ3n) is 5.88. The molecule has 1 aromatic rings. The summed E-state index contributed by atoms with van der Waals surface area (Å²) in [7, 11) is 0. The van der Waals surface area contributed by atoms with E-state index in [1.807, 2.05) is 12.2 Å². The van der Waals surface area contributed by atoms with Gasteiger partial charge in [0, 0.05) is 31.9 Å². The molecule has 4 rings (SSSR count). The number of phenolic OH excluding ortho intramolecular Hbond substituents is 2. The number of likely N-dealkylation sites (tertiary alicyclic amines) is 1. The van der Waals surface area contributed by atoms with E-state index in [0.717, 1.165) is 12.5 Å². The number of phenols is 2. The predicted octanol–water partition coefficient (Wildman–Crippen LogP) is 3.12. The van der Waals surface area contributed by atoms with Crippen molar-refractivity contribution in [1.29, 1.82) is 0 Å². The van der Waals surface area contributed by atoms with Gasteiger partial charge >= 0.3 is 5.97 Å². The van der Waals surface area contributed by atoms with Gasteiger partial charge in [0.15, 0.2) is 0 Å². The van der Waals surface area contributed by atoms with Crippen molar-refractivity contribution in [2.45, 2.75) is 50.9 Å². The van der Waals surface area contributed by atoms with Crippen LogP contribution < -0.4 is 0 Å². The average Bonchev–Trinajstić information content (AvgIpc) is 3.38. The van der Waals surface area contributed by atoms with Crippen molar-refractivity contribution < 1.29 is 34.1 Å². The number of oxime groups is 1. The molecule has 1 aromatic carbocycles. The lowest BCUT2D eigenvalue weighted by molar-refractivity contribution is -0.128. The van der Waals surface area contributed by atoms with Gasteiger partial charge in [0.2, 0.25) is 5.91 Å². The van der Waals surface area contributed by atoms with Gasteiger partial charge in [-0.1, -0.05) is 35.0 Å². The Morgan fingerprint density at radius 2 is 2.09 bits per heavy atom. The fourth-order valence-corrected chi connectivity index (χ4v) is 4.29. The van der Waals surface area contributed by atoms with Gasteiger partial charge in [0.05, 0.1) is 23.4 Å². The lowest BCUT2D eigenvalue weighted by Crippen LogP contribution is -2.28. The van der Waals surface area contributed by atoms with Crippen LogP contribution in [0.15, 0.2) is 35.5 Å². The van der Waals surface area contributed by atoms with Gasteiger partial charge in [0.25, 0.3) is 0 Å². The monoisotopic (exact) mass is 490 g/mol. The molecule has 0 bridgehead atoms. The first-order chi connectivity index (χ1) is 16.3. The second-order valence-electron chi connectivity index (χ2n) is 8.49. The number of epoxide rings is 1. The number of nitrogens with zero attached hydrogens (tertiary/aromatic N) is 2. The van der Waals surface area contributed by atoms with E-state index in [4.69, 9.17) is 25.9 Å². The molecule has 3 aliphatic rings. The minimum atomic E-state index is -0.761. The molecule has 0 radical (unpaired) electrons. The number of cyclic esters (lactones) is 1. The maximum atomic E-state index is 12.9. The number of aromatic hydroxyl groups is 2. The van der Waals surface area contributed by atoms with Gasteiger partial charge in [0.1, 0.15) is 35.9 Å². The highest BCUT2D eigenvalue weighted by Gasteiger charge is 2.38. The Morgan fingerprint density at radius 1 is 1.26 bits per heavy atom. The largest absolute Gasteiger partial charge is 0.507 e. The summed E-state index contributed by atoms with van der Waals surface area (Å²) < 4.78 is 11.1. The Hall–Kier alpha value is -3.04. The number of halogens is 1. The SMILES string of the molecule is C[C@@H]1C[C@H]2O[C@@H]2/C=C/C=C/C(=N/OCCN2CCCC2=O)Cc2c(Cl)c(O)cc(O)c2C(=O)O1. The number of fused-ring (bicyclic) bond motifs is 2. The lowest BCUT2D eigenvalue weighted by atomic mass is 9.99. The van der Waals surface area contributed by atoms with Crippen molar-refractivity contribution in [3.63, 3.8) is 0 Å². The van der Waals surface area contributed by atoms with Gasteiger partial charge in [-0.25, -0.2) is 4.79 Å². The van der Waals surface area contributed by atoms with Crippen LogP contribution in [0.2, 0.25) is 5.02 Å². The molecule has 182 valence electrons. The molecular formula is C24H27ClN2O7. The lowest BCUT2D eigenvalue weighted by Gasteiger charge is -2.17. The number of carbonyl (C=O) groups excluding carboxylic acids is 2. The van der Waals surface area contributed by atoms with Crippen molar-refractivity contribution in [3.8, 4) is 11.5 Å². The molecule has 34 heavy (non-hydrogen) atoms. The Morgan fingerprint density at radius 3 is 2.85 bits per heavy atom. The van der Waals surface area contributed by atoms with E-state index in [9.17, 15) is 19.8 Å². The van der Waals surface area contributed by atoms with E-state index in [1.165, 1.54) is 0 Å². The first-order valence-corrected chi connectivity index (χ1v) is 11.6. The minimum Gasteiger partial charge on any atom is -0.507 e. The predicted molar refractivity (Wildman–Crippen MR) is 124 cm³/mol. The van der Waals surface area contributed by atoms with Gasteiger partial charge in [-0.15, -0.1) is 0 Å². The van der Waals surface area contributed by atoms with E-state index >= 15 is 0 Å². The van der Waals surface area contributed by atoms with Crippen LogP contribution in [0, 0.1) is 0 Å². The van der Waals surface area contributed by atoms with Crippen molar-refractivity contribution in [2.75, 3.05) is 19.7 Å². The standard InChI is InChI=1S/C24H27ClN2O7/c1-14-11-20-19(34-20)6-3-2-5-15(26-32-10-9-27-8-4-7-21(27)30)12-16-22(24(31)33-14)17(28)13-18(29)23(16)25/h2-3,5-6,13-14,19-20,28-29H,4,7-12H2,1H3/b5-2+,6-3+,26-15-/t14-,19-,20-/m1/s1. The van der Waals surface area contributed by atoms with Crippen molar-refractivity contribution in [2.24, 2.45) is 5.16 Å². The highest BCUT2D eigenvalue weighted by Crippen LogP contribution is 2.38. The topological polar surface area (TPSA) is 121 Å². The summed E-state index contributed by atoms with van der Waals surface area (Å²) in [4.78, 5) is 31.9. The quantitative estimate of drug-likeness (QED) is 0.288. The molecule has 0 aromatic heterocycles. The maximum absolute atomic E-state index is 12.9. The van der Waals surface area contributed by atoms with Crippen molar-refractivity contribution >= 4 is 29.2 Å². The van der Waals surface area contributed by atoms with Crippen LogP contribution >= 0.6 is 11.6 Å². The van der Waals surface area contributed by atoms with Crippen molar-refractivity contribution in [3.05, 3.63) is 46.5 Å². The van der Waals surface area contributed by atoms with Gasteiger partial charge in [-0.2, -0.15) is 0 Å². The molecule has 0 unspecified atom stereocenters. The number of benzene rings is 1. The first-order valence-electron chi connectivity index (χ1n) is 11.2. The Bertz CT molecular complexity index is 1050. The third-order valence-corrected chi connectivity index (χ3v) is 6.31. The Kier molecular flexibility index (Phi) is 7.43. The summed E-state index contributed by atoms with van der Waals surface area (Å²) in [6.07, 6.45) is 8.46. The van der Waals surface area contributed by atoms with Crippen LogP contribution in [-0.4, -0.2) is 70.7 Å². The fourth-order valence-electron chi connectivity index (χ4n) is 4.07. The van der Waals surface area contributed by atoms with Crippen LogP contribution in [0.1, 0.15) is 42.1 Å². The van der Waals surface area contributed by atoms with Crippen molar-refractivity contribution in [1.82, 2.24) is 4.90 Å². The van der Waals surface area contributed by atoms with Crippen LogP contribution in [-0.2, 0) is 25.5 Å². The smallest absolute Gasteiger partial charge is 0.342 e. The summed E-state index contributed by atoms with van der Waals surface area (Å²) in [6, 6.07) is 1.01. The van der Waals surface area contributed by atoms with E-state index in [-0.39, 0.29) is 53.0 Å². The van der Waals surface area contributed by atoms with Gasteiger partial charge in [-0.3, -0.25) is 4.79 Å². The van der Waals surface area contributed by atoms with E-state index in [0.29, 0.717) is 31.6 Å². The van der Waals surface area contributed by atoms with Crippen LogP contribution in [0.5, 0.6) is 11.5 Å². The molecule has 3 atom stereocenters. The Balaban J connectivity index is 1.61. The zero-order chi connectivity index (χ0) is 24.2. The molecule has 9 nitrogen and oxygen atoms in total. The molecule has 0 spiro atoms. The highest BCUT2D eigenvalue weighted by molar-refractivity contribution is 6.33. The summed E-state index contributed by atoms with van der Waals surface area (Å²) in [5.74, 6) is -1.48.